The molecule has 2 aromatic heterocycles. The van der Waals surface area contributed by atoms with Crippen molar-refractivity contribution in [1.29, 1.82) is 0 Å². The lowest BCUT2D eigenvalue weighted by Crippen LogP contribution is -2.37. The van der Waals surface area contributed by atoms with E-state index in [4.69, 9.17) is 9.84 Å². The van der Waals surface area contributed by atoms with Crippen LogP contribution in [0.2, 0.25) is 0 Å². The van der Waals surface area contributed by atoms with Gasteiger partial charge in [0, 0.05) is 17.8 Å². The van der Waals surface area contributed by atoms with Gasteiger partial charge in [-0.05, 0) is 36.8 Å². The molecule has 0 N–H and O–H groups in total. The average molecular weight is 371 g/mol. The zero-order valence-corrected chi connectivity index (χ0v) is 14.9. The fourth-order valence-corrected chi connectivity index (χ4v) is 3.84. The zero-order chi connectivity index (χ0) is 15.0. The van der Waals surface area contributed by atoms with Gasteiger partial charge in [-0.1, -0.05) is 0 Å². The molecule has 5 nitrogen and oxygen atoms in total. The molecule has 1 unspecified atom stereocenters. The van der Waals surface area contributed by atoms with Gasteiger partial charge in [-0.2, -0.15) is 5.10 Å². The summed E-state index contributed by atoms with van der Waals surface area (Å²) >= 11 is 5.15. The molecule has 0 aliphatic carbocycles. The monoisotopic (exact) mass is 370 g/mol. The van der Waals surface area contributed by atoms with Crippen molar-refractivity contribution in [2.24, 2.45) is 0 Å². The molecule has 1 aliphatic rings. The van der Waals surface area contributed by atoms with Crippen LogP contribution in [-0.2, 0) is 11.3 Å². The first-order valence-corrected chi connectivity index (χ1v) is 8.65. The van der Waals surface area contributed by atoms with Crippen molar-refractivity contribution in [1.82, 2.24) is 19.7 Å². The molecule has 1 atom stereocenters. The predicted molar refractivity (Wildman–Crippen MR) is 86.8 cm³/mol. The van der Waals surface area contributed by atoms with Crippen LogP contribution in [0.1, 0.15) is 28.7 Å². The second-order valence-corrected chi connectivity index (χ2v) is 7.56. The number of aromatic nitrogens is 3. The predicted octanol–water partition coefficient (Wildman–Crippen LogP) is 2.77. The van der Waals surface area contributed by atoms with Gasteiger partial charge < -0.3 is 4.74 Å². The molecule has 3 heterocycles. The number of hydrogen-bond donors (Lipinski definition) is 0. The van der Waals surface area contributed by atoms with Crippen LogP contribution in [0.25, 0.3) is 0 Å². The van der Waals surface area contributed by atoms with Crippen molar-refractivity contribution < 1.29 is 4.74 Å². The number of likely N-dealkylation sites (N-methyl/N-ethyl adjacent to an activating group) is 1. The summed E-state index contributed by atoms with van der Waals surface area (Å²) in [5, 5.41) is 4.71. The van der Waals surface area contributed by atoms with E-state index in [-0.39, 0.29) is 0 Å². The highest BCUT2D eigenvalue weighted by Gasteiger charge is 2.27. The lowest BCUT2D eigenvalue weighted by Gasteiger charge is -2.32. The maximum absolute atomic E-state index is 5.65. The van der Waals surface area contributed by atoms with Crippen molar-refractivity contribution in [2.75, 3.05) is 26.8 Å². The topological polar surface area (TPSA) is 43.2 Å². The standard InChI is InChI=1S/C14H19BrN4OS/c1-9-13(12-7-20-5-4-18(12)3)10(2)19(17-9)6-11-14(15)21-8-16-11/h8,12H,4-7H2,1-3H3. The summed E-state index contributed by atoms with van der Waals surface area (Å²) < 4.78 is 8.78. The number of nitrogens with zero attached hydrogens (tertiary/aromatic N) is 4. The molecule has 0 saturated carbocycles. The highest BCUT2D eigenvalue weighted by Crippen LogP contribution is 2.29. The maximum atomic E-state index is 5.65. The maximum Gasteiger partial charge on any atom is 0.0948 e. The Labute approximate surface area is 137 Å². The third kappa shape index (κ3) is 2.92. The highest BCUT2D eigenvalue weighted by molar-refractivity contribution is 9.11. The second-order valence-electron chi connectivity index (χ2n) is 5.39. The third-order valence-corrected chi connectivity index (χ3v) is 5.73. The number of aryl methyl sites for hydroxylation is 1. The minimum Gasteiger partial charge on any atom is -0.378 e. The summed E-state index contributed by atoms with van der Waals surface area (Å²) in [6.07, 6.45) is 0. The molecule has 0 amide bonds. The third-order valence-electron chi connectivity index (χ3n) is 4.06. The Kier molecular flexibility index (Phi) is 4.44. The van der Waals surface area contributed by atoms with Crippen molar-refractivity contribution in [3.63, 3.8) is 0 Å². The van der Waals surface area contributed by atoms with Gasteiger partial charge in [0.15, 0.2) is 0 Å². The highest BCUT2D eigenvalue weighted by atomic mass is 79.9. The van der Waals surface area contributed by atoms with Gasteiger partial charge in [-0.25, -0.2) is 4.98 Å². The number of hydrogen-bond acceptors (Lipinski definition) is 5. The minimum atomic E-state index is 0.298. The molecule has 0 spiro atoms. The molecule has 114 valence electrons. The van der Waals surface area contributed by atoms with E-state index in [1.54, 1.807) is 11.3 Å². The molecule has 2 aromatic rings. The van der Waals surface area contributed by atoms with Crippen LogP contribution in [0.3, 0.4) is 0 Å². The van der Waals surface area contributed by atoms with Crippen molar-refractivity contribution >= 4 is 27.3 Å². The molecule has 0 aromatic carbocycles. The molecule has 0 radical (unpaired) electrons. The van der Waals surface area contributed by atoms with Crippen molar-refractivity contribution in [3.8, 4) is 0 Å². The van der Waals surface area contributed by atoms with E-state index in [0.717, 1.165) is 34.9 Å². The Morgan fingerprint density at radius 2 is 2.29 bits per heavy atom. The number of halogens is 1. The SMILES string of the molecule is Cc1nn(Cc2ncsc2Br)c(C)c1C1COCCN1C. The van der Waals surface area contributed by atoms with Crippen LogP contribution in [0.5, 0.6) is 0 Å². The molecule has 1 aliphatic heterocycles. The molecule has 21 heavy (non-hydrogen) atoms. The number of ether oxygens (including phenoxy) is 1. The van der Waals surface area contributed by atoms with Crippen molar-refractivity contribution in [3.05, 3.63) is 31.9 Å². The molecular formula is C14H19BrN4OS. The second kappa shape index (κ2) is 6.16. The van der Waals surface area contributed by atoms with Crippen LogP contribution in [0.15, 0.2) is 9.30 Å². The van der Waals surface area contributed by atoms with Crippen LogP contribution in [-0.4, -0.2) is 46.5 Å². The van der Waals surface area contributed by atoms with Crippen LogP contribution in [0.4, 0.5) is 0 Å². The number of morpholine rings is 1. The van der Waals surface area contributed by atoms with E-state index in [0.29, 0.717) is 12.6 Å². The fraction of sp³-hybridized carbons (Fsp3) is 0.571. The van der Waals surface area contributed by atoms with E-state index in [2.05, 4.69) is 46.7 Å². The van der Waals surface area contributed by atoms with Gasteiger partial charge in [-0.15, -0.1) is 11.3 Å². The Hall–Kier alpha value is -0.760. The molecule has 7 heteroatoms. The first-order valence-electron chi connectivity index (χ1n) is 6.97. The van der Waals surface area contributed by atoms with E-state index in [1.165, 1.54) is 11.3 Å². The van der Waals surface area contributed by atoms with E-state index < -0.39 is 0 Å². The summed E-state index contributed by atoms with van der Waals surface area (Å²) in [6.45, 7) is 7.44. The van der Waals surface area contributed by atoms with Gasteiger partial charge in [0.2, 0.25) is 0 Å². The summed E-state index contributed by atoms with van der Waals surface area (Å²) in [7, 11) is 2.15. The number of rotatable bonds is 3. The van der Waals surface area contributed by atoms with E-state index in [9.17, 15) is 0 Å². The Balaban J connectivity index is 1.91. The smallest absolute Gasteiger partial charge is 0.0948 e. The fourth-order valence-electron chi connectivity index (χ4n) is 2.84. The van der Waals surface area contributed by atoms with Crippen molar-refractivity contribution in [2.45, 2.75) is 26.4 Å². The normalized spacial score (nSPS) is 20.1. The summed E-state index contributed by atoms with van der Waals surface area (Å²) in [4.78, 5) is 6.75. The largest absolute Gasteiger partial charge is 0.378 e. The van der Waals surface area contributed by atoms with Crippen LogP contribution in [0, 0.1) is 13.8 Å². The molecular weight excluding hydrogens is 352 g/mol. The first kappa shape index (κ1) is 15.1. The average Bonchev–Trinajstić information content (AvgIpc) is 2.97. The molecule has 3 rings (SSSR count). The summed E-state index contributed by atoms with van der Waals surface area (Å²) in [5.74, 6) is 0. The van der Waals surface area contributed by atoms with Gasteiger partial charge in [0.25, 0.3) is 0 Å². The van der Waals surface area contributed by atoms with E-state index >= 15 is 0 Å². The van der Waals surface area contributed by atoms with Gasteiger partial charge in [-0.3, -0.25) is 9.58 Å². The Bertz CT molecular complexity index is 639. The Morgan fingerprint density at radius 3 is 2.95 bits per heavy atom. The summed E-state index contributed by atoms with van der Waals surface area (Å²) in [5.41, 5.74) is 6.47. The Morgan fingerprint density at radius 1 is 1.48 bits per heavy atom. The molecule has 1 fully saturated rings. The van der Waals surface area contributed by atoms with Crippen LogP contribution < -0.4 is 0 Å². The van der Waals surface area contributed by atoms with Gasteiger partial charge >= 0.3 is 0 Å². The lowest BCUT2D eigenvalue weighted by atomic mass is 10.0. The zero-order valence-electron chi connectivity index (χ0n) is 12.5. The lowest BCUT2D eigenvalue weighted by molar-refractivity contribution is 0.00457. The quantitative estimate of drug-likeness (QED) is 0.832. The molecule has 1 saturated heterocycles. The van der Waals surface area contributed by atoms with Gasteiger partial charge in [0.05, 0.1) is 46.5 Å². The minimum absolute atomic E-state index is 0.298. The first-order chi connectivity index (χ1) is 10.1. The van der Waals surface area contributed by atoms with E-state index in [1.807, 2.05) is 10.2 Å². The van der Waals surface area contributed by atoms with Gasteiger partial charge in [0.1, 0.15) is 0 Å². The van der Waals surface area contributed by atoms with Crippen LogP contribution >= 0.6 is 27.3 Å². The summed E-state index contributed by atoms with van der Waals surface area (Å²) in [6, 6.07) is 0.298. The molecule has 0 bridgehead atoms. The number of thiazole rings is 1.